The molecule has 0 unspecified atom stereocenters. The predicted octanol–water partition coefficient (Wildman–Crippen LogP) is 3.56. The van der Waals surface area contributed by atoms with Crippen LogP contribution in [0.3, 0.4) is 0 Å². The van der Waals surface area contributed by atoms with Gasteiger partial charge in [-0.05, 0) is 30.7 Å². The maximum absolute atomic E-state index is 11.5. The Kier molecular flexibility index (Phi) is 5.91. The summed E-state index contributed by atoms with van der Waals surface area (Å²) in [5.41, 5.74) is 0.809. The third kappa shape index (κ3) is 5.27. The van der Waals surface area contributed by atoms with Gasteiger partial charge in [0.2, 0.25) is 0 Å². The number of halogens is 3. The number of alkyl halides is 3. The van der Waals surface area contributed by atoms with E-state index in [1.807, 2.05) is 6.92 Å². The smallest absolute Gasteiger partial charge is 0.338 e. The van der Waals surface area contributed by atoms with Crippen molar-refractivity contribution in [2.24, 2.45) is 0 Å². The molecule has 0 radical (unpaired) electrons. The van der Waals surface area contributed by atoms with Gasteiger partial charge in [0.05, 0.1) is 12.2 Å². The third-order valence-corrected chi connectivity index (χ3v) is 2.59. The molecule has 0 aliphatic rings. The predicted molar refractivity (Wildman–Crippen MR) is 75.9 cm³/mol. The van der Waals surface area contributed by atoms with E-state index in [2.05, 4.69) is 5.32 Å². The number of esters is 1. The van der Waals surface area contributed by atoms with Crippen LogP contribution in [0.2, 0.25) is 0 Å². The van der Waals surface area contributed by atoms with Gasteiger partial charge >= 0.3 is 5.97 Å². The molecule has 1 amide bonds. The Bertz CT molecular complexity index is 454. The molecule has 1 N–H and O–H groups in total. The number of carbonyl (C=O) groups is 2. The van der Waals surface area contributed by atoms with Crippen LogP contribution in [0.1, 0.15) is 23.7 Å². The van der Waals surface area contributed by atoms with Crippen LogP contribution in [0.4, 0.5) is 5.69 Å². The molecular formula is C12H12Cl3NO3. The van der Waals surface area contributed by atoms with Crippen molar-refractivity contribution in [2.45, 2.75) is 17.1 Å². The zero-order chi connectivity index (χ0) is 14.5. The second-order valence-corrected chi connectivity index (χ2v) is 5.95. The first kappa shape index (κ1) is 16.1. The zero-order valence-corrected chi connectivity index (χ0v) is 12.4. The summed E-state index contributed by atoms with van der Waals surface area (Å²) in [6, 6.07) is 6.09. The molecule has 0 saturated heterocycles. The van der Waals surface area contributed by atoms with Crippen LogP contribution in [0, 0.1) is 0 Å². The summed E-state index contributed by atoms with van der Waals surface area (Å²) in [6.45, 7) is 2.27. The van der Waals surface area contributed by atoms with Gasteiger partial charge in [0.15, 0.2) is 0 Å². The molecule has 0 fully saturated rings. The maximum atomic E-state index is 11.5. The molecule has 1 aromatic carbocycles. The summed E-state index contributed by atoms with van der Waals surface area (Å²) in [4.78, 5) is 22.9. The van der Waals surface area contributed by atoms with Crippen LogP contribution in [-0.4, -0.2) is 22.3 Å². The van der Waals surface area contributed by atoms with E-state index in [1.165, 1.54) is 24.3 Å². The number of nitrogens with one attached hydrogen (secondary N) is 1. The van der Waals surface area contributed by atoms with Gasteiger partial charge in [0.25, 0.3) is 9.70 Å². The largest absolute Gasteiger partial charge is 0.462 e. The van der Waals surface area contributed by atoms with Crippen molar-refractivity contribution in [3.63, 3.8) is 0 Å². The van der Waals surface area contributed by atoms with Crippen LogP contribution in [0.25, 0.3) is 0 Å². The summed E-state index contributed by atoms with van der Waals surface area (Å²) in [6.07, 6.45) is 0.753. The van der Waals surface area contributed by atoms with Crippen LogP contribution in [-0.2, 0) is 9.53 Å². The molecule has 0 bridgehead atoms. The van der Waals surface area contributed by atoms with E-state index >= 15 is 0 Å². The van der Waals surface area contributed by atoms with Crippen LogP contribution >= 0.6 is 34.8 Å². The van der Waals surface area contributed by atoms with Crippen molar-refractivity contribution in [3.8, 4) is 0 Å². The number of amides is 1. The topological polar surface area (TPSA) is 55.4 Å². The molecule has 4 nitrogen and oxygen atoms in total. The van der Waals surface area contributed by atoms with Gasteiger partial charge in [0, 0.05) is 5.69 Å². The normalized spacial score (nSPS) is 10.9. The molecule has 1 rings (SSSR count). The average molecular weight is 325 g/mol. The number of ether oxygens (including phenoxy) is 1. The number of hydrogen-bond donors (Lipinski definition) is 1. The zero-order valence-electron chi connectivity index (χ0n) is 10.1. The van der Waals surface area contributed by atoms with Crippen molar-refractivity contribution in [1.82, 2.24) is 0 Å². The van der Waals surface area contributed by atoms with Crippen molar-refractivity contribution in [3.05, 3.63) is 29.8 Å². The van der Waals surface area contributed by atoms with Crippen molar-refractivity contribution in [2.75, 3.05) is 11.9 Å². The SMILES string of the molecule is CCCOC(=O)c1ccc(NC(=O)C(Cl)(Cl)Cl)cc1. The summed E-state index contributed by atoms with van der Waals surface area (Å²) in [7, 11) is 0. The molecule has 19 heavy (non-hydrogen) atoms. The van der Waals surface area contributed by atoms with Crippen molar-refractivity contribution in [1.29, 1.82) is 0 Å². The highest BCUT2D eigenvalue weighted by Gasteiger charge is 2.30. The molecule has 0 aliphatic heterocycles. The van der Waals surface area contributed by atoms with E-state index < -0.39 is 15.7 Å². The number of anilines is 1. The summed E-state index contributed by atoms with van der Waals surface area (Å²) in [5, 5.41) is 2.40. The molecular weight excluding hydrogens is 312 g/mol. The second kappa shape index (κ2) is 6.98. The Morgan fingerprint density at radius 2 is 1.79 bits per heavy atom. The van der Waals surface area contributed by atoms with Crippen molar-refractivity contribution >= 4 is 52.4 Å². The molecule has 0 heterocycles. The number of rotatable bonds is 4. The van der Waals surface area contributed by atoms with Gasteiger partial charge in [0.1, 0.15) is 0 Å². The Balaban J connectivity index is 2.67. The fraction of sp³-hybridized carbons (Fsp3) is 0.333. The number of hydrogen-bond acceptors (Lipinski definition) is 3. The lowest BCUT2D eigenvalue weighted by Crippen LogP contribution is -2.26. The molecule has 1 aromatic rings. The molecule has 0 aliphatic carbocycles. The number of carbonyl (C=O) groups excluding carboxylic acids is 2. The van der Waals surface area contributed by atoms with Gasteiger partial charge in [-0.1, -0.05) is 41.7 Å². The Labute approximate surface area is 126 Å². The van der Waals surface area contributed by atoms with E-state index in [9.17, 15) is 9.59 Å². The van der Waals surface area contributed by atoms with Gasteiger partial charge < -0.3 is 10.1 Å². The fourth-order valence-corrected chi connectivity index (χ4v) is 1.31. The molecule has 0 atom stereocenters. The maximum Gasteiger partial charge on any atom is 0.338 e. The summed E-state index contributed by atoms with van der Waals surface area (Å²) < 4.78 is 2.93. The first-order valence-corrected chi connectivity index (χ1v) is 6.63. The minimum Gasteiger partial charge on any atom is -0.462 e. The minimum absolute atomic E-state index is 0.366. The van der Waals surface area contributed by atoms with Gasteiger partial charge in [-0.25, -0.2) is 4.79 Å². The van der Waals surface area contributed by atoms with Gasteiger partial charge in [-0.3, -0.25) is 4.79 Å². The third-order valence-electron chi connectivity index (χ3n) is 2.07. The first-order valence-electron chi connectivity index (χ1n) is 5.50. The summed E-state index contributed by atoms with van der Waals surface area (Å²) in [5.74, 6) is -1.18. The lowest BCUT2D eigenvalue weighted by atomic mass is 10.2. The lowest BCUT2D eigenvalue weighted by molar-refractivity contribution is -0.115. The van der Waals surface area contributed by atoms with Gasteiger partial charge in [-0.15, -0.1) is 0 Å². The number of benzene rings is 1. The quantitative estimate of drug-likeness (QED) is 0.680. The highest BCUT2D eigenvalue weighted by Crippen LogP contribution is 2.27. The van der Waals surface area contributed by atoms with E-state index in [4.69, 9.17) is 39.5 Å². The molecule has 0 saturated carbocycles. The second-order valence-electron chi connectivity index (χ2n) is 3.67. The van der Waals surface area contributed by atoms with Crippen molar-refractivity contribution < 1.29 is 14.3 Å². The molecule has 0 spiro atoms. The van der Waals surface area contributed by atoms with E-state index in [0.717, 1.165) is 6.42 Å². The Hall–Kier alpha value is -0.970. The Morgan fingerprint density at radius 3 is 2.26 bits per heavy atom. The molecule has 7 heteroatoms. The van der Waals surface area contributed by atoms with Crippen LogP contribution in [0.5, 0.6) is 0 Å². The monoisotopic (exact) mass is 323 g/mol. The molecule has 0 aromatic heterocycles. The summed E-state index contributed by atoms with van der Waals surface area (Å²) >= 11 is 16.3. The molecule has 104 valence electrons. The van der Waals surface area contributed by atoms with E-state index in [1.54, 1.807) is 0 Å². The minimum atomic E-state index is -2.03. The lowest BCUT2D eigenvalue weighted by Gasteiger charge is -2.11. The Morgan fingerprint density at radius 1 is 1.21 bits per heavy atom. The fourth-order valence-electron chi connectivity index (χ4n) is 1.17. The highest BCUT2D eigenvalue weighted by atomic mass is 35.6. The van der Waals surface area contributed by atoms with Gasteiger partial charge in [-0.2, -0.15) is 0 Å². The van der Waals surface area contributed by atoms with E-state index in [0.29, 0.717) is 17.9 Å². The first-order chi connectivity index (χ1) is 8.84. The highest BCUT2D eigenvalue weighted by molar-refractivity contribution is 6.76. The average Bonchev–Trinajstić information content (AvgIpc) is 2.35. The standard InChI is InChI=1S/C12H12Cl3NO3/c1-2-7-19-10(17)8-3-5-9(6-4-8)16-11(18)12(13,14)15/h3-6H,2,7H2,1H3,(H,16,18). The van der Waals surface area contributed by atoms with E-state index in [-0.39, 0.29) is 0 Å². The van der Waals surface area contributed by atoms with Crippen LogP contribution < -0.4 is 5.32 Å². The van der Waals surface area contributed by atoms with Crippen LogP contribution in [0.15, 0.2) is 24.3 Å².